The molecule has 0 spiro atoms. The third-order valence-electron chi connectivity index (χ3n) is 2.46. The summed E-state index contributed by atoms with van der Waals surface area (Å²) < 4.78 is 13.7. The quantitative estimate of drug-likeness (QED) is 0.900. The molecule has 0 fully saturated rings. The lowest BCUT2D eigenvalue weighted by Crippen LogP contribution is -2.10. The van der Waals surface area contributed by atoms with Crippen LogP contribution in [0.5, 0.6) is 0 Å². The molecule has 0 unspecified atom stereocenters. The Balaban J connectivity index is 2.24. The van der Waals surface area contributed by atoms with Gasteiger partial charge in [-0.2, -0.15) is 0 Å². The number of nitrogens with one attached hydrogen (secondary N) is 1. The van der Waals surface area contributed by atoms with Crippen molar-refractivity contribution in [3.63, 3.8) is 0 Å². The van der Waals surface area contributed by atoms with Crippen LogP contribution in [0, 0.1) is 12.7 Å². The summed E-state index contributed by atoms with van der Waals surface area (Å²) in [5, 5.41) is 3.98. The predicted octanol–water partition coefficient (Wildman–Crippen LogP) is 3.37. The van der Waals surface area contributed by atoms with Crippen LogP contribution in [0.25, 0.3) is 10.6 Å². The number of benzene rings is 1. The van der Waals surface area contributed by atoms with Crippen molar-refractivity contribution in [3.8, 4) is 10.6 Å². The van der Waals surface area contributed by atoms with E-state index in [2.05, 4.69) is 17.2 Å². The lowest BCUT2D eigenvalue weighted by molar-refractivity contribution is 0.630. The van der Waals surface area contributed by atoms with Gasteiger partial charge in [0.1, 0.15) is 10.8 Å². The fraction of sp³-hybridized carbons (Fsp3) is 0.308. The highest BCUT2D eigenvalue weighted by atomic mass is 32.1. The molecule has 1 aromatic heterocycles. The van der Waals surface area contributed by atoms with Crippen LogP contribution in [0.4, 0.5) is 4.39 Å². The fourth-order valence-electron chi connectivity index (χ4n) is 1.56. The predicted molar refractivity (Wildman–Crippen MR) is 69.6 cm³/mol. The average molecular weight is 250 g/mol. The Morgan fingerprint density at radius 2 is 2.24 bits per heavy atom. The monoisotopic (exact) mass is 250 g/mol. The number of hydrogen-bond acceptors (Lipinski definition) is 3. The van der Waals surface area contributed by atoms with Gasteiger partial charge in [0.15, 0.2) is 0 Å². The van der Waals surface area contributed by atoms with Gasteiger partial charge in [0.05, 0.1) is 0 Å². The van der Waals surface area contributed by atoms with Crippen molar-refractivity contribution in [1.82, 2.24) is 10.3 Å². The minimum Gasteiger partial charge on any atom is -0.312 e. The summed E-state index contributed by atoms with van der Waals surface area (Å²) in [6, 6.07) is 5.24. The Kier molecular flexibility index (Phi) is 3.86. The molecule has 0 amide bonds. The molecule has 17 heavy (non-hydrogen) atoms. The molecule has 0 aliphatic heterocycles. The van der Waals surface area contributed by atoms with Gasteiger partial charge < -0.3 is 5.32 Å². The largest absolute Gasteiger partial charge is 0.312 e. The Morgan fingerprint density at radius 3 is 2.94 bits per heavy atom. The van der Waals surface area contributed by atoms with Crippen LogP contribution in [0.1, 0.15) is 17.4 Å². The van der Waals surface area contributed by atoms with Crippen LogP contribution in [0.3, 0.4) is 0 Å². The van der Waals surface area contributed by atoms with Crippen molar-refractivity contribution >= 4 is 11.3 Å². The van der Waals surface area contributed by atoms with Crippen LogP contribution < -0.4 is 5.32 Å². The second-order valence-corrected chi connectivity index (χ2v) is 5.01. The number of aromatic nitrogens is 1. The Morgan fingerprint density at radius 1 is 1.41 bits per heavy atom. The first-order chi connectivity index (χ1) is 8.20. The van der Waals surface area contributed by atoms with E-state index in [1.54, 1.807) is 12.1 Å². The van der Waals surface area contributed by atoms with Crippen LogP contribution >= 0.6 is 11.3 Å². The molecule has 2 aromatic rings. The van der Waals surface area contributed by atoms with E-state index in [-0.39, 0.29) is 5.82 Å². The van der Waals surface area contributed by atoms with Crippen LogP contribution in [-0.2, 0) is 6.54 Å². The molecular weight excluding hydrogens is 235 g/mol. The number of aryl methyl sites for hydroxylation is 1. The molecule has 0 saturated carbocycles. The first-order valence-electron chi connectivity index (χ1n) is 5.62. The van der Waals surface area contributed by atoms with Crippen molar-refractivity contribution in [2.24, 2.45) is 0 Å². The van der Waals surface area contributed by atoms with Gasteiger partial charge >= 0.3 is 0 Å². The molecular formula is C13H15FN2S. The maximum atomic E-state index is 13.7. The zero-order chi connectivity index (χ0) is 12.3. The van der Waals surface area contributed by atoms with Crippen molar-refractivity contribution < 1.29 is 4.39 Å². The van der Waals surface area contributed by atoms with Crippen molar-refractivity contribution in [3.05, 3.63) is 40.7 Å². The molecule has 1 heterocycles. The summed E-state index contributed by atoms with van der Waals surface area (Å²) in [6.07, 6.45) is 1.81. The SMILES string of the molecule is CCNCc1cnc(-c2ccc(C)cc2F)s1. The molecule has 0 bridgehead atoms. The summed E-state index contributed by atoms with van der Waals surface area (Å²) in [6.45, 7) is 5.65. The smallest absolute Gasteiger partial charge is 0.133 e. The maximum Gasteiger partial charge on any atom is 0.133 e. The van der Waals surface area contributed by atoms with Crippen molar-refractivity contribution in [1.29, 1.82) is 0 Å². The fourth-order valence-corrected chi connectivity index (χ4v) is 2.46. The highest BCUT2D eigenvalue weighted by molar-refractivity contribution is 7.15. The van der Waals surface area contributed by atoms with Gasteiger partial charge in [-0.1, -0.05) is 13.0 Å². The van der Waals surface area contributed by atoms with Crippen LogP contribution in [0.15, 0.2) is 24.4 Å². The number of thiazole rings is 1. The van der Waals surface area contributed by atoms with Crippen LogP contribution in [0.2, 0.25) is 0 Å². The van der Waals surface area contributed by atoms with Crippen LogP contribution in [-0.4, -0.2) is 11.5 Å². The summed E-state index contributed by atoms with van der Waals surface area (Å²) in [4.78, 5) is 5.40. The molecule has 90 valence electrons. The van der Waals surface area contributed by atoms with Gasteiger partial charge in [-0.15, -0.1) is 11.3 Å². The molecule has 1 N–H and O–H groups in total. The minimum atomic E-state index is -0.200. The van der Waals surface area contributed by atoms with Gasteiger partial charge in [0.25, 0.3) is 0 Å². The third-order valence-corrected chi connectivity index (χ3v) is 3.49. The van der Waals surface area contributed by atoms with E-state index < -0.39 is 0 Å². The second-order valence-electron chi connectivity index (χ2n) is 3.90. The van der Waals surface area contributed by atoms with E-state index in [0.717, 1.165) is 28.5 Å². The number of rotatable bonds is 4. The molecule has 0 aliphatic rings. The average Bonchev–Trinajstić information content (AvgIpc) is 2.75. The summed E-state index contributed by atoms with van der Waals surface area (Å²) >= 11 is 1.53. The number of hydrogen-bond donors (Lipinski definition) is 1. The van der Waals surface area contributed by atoms with E-state index in [4.69, 9.17) is 0 Å². The first-order valence-corrected chi connectivity index (χ1v) is 6.44. The second kappa shape index (κ2) is 5.38. The summed E-state index contributed by atoms with van der Waals surface area (Å²) in [7, 11) is 0. The highest BCUT2D eigenvalue weighted by Crippen LogP contribution is 2.27. The third kappa shape index (κ3) is 2.90. The van der Waals surface area contributed by atoms with Gasteiger partial charge in [0, 0.05) is 23.2 Å². The van der Waals surface area contributed by atoms with E-state index in [1.807, 2.05) is 19.2 Å². The number of halogens is 1. The Hall–Kier alpha value is -1.26. The van der Waals surface area contributed by atoms with E-state index in [0.29, 0.717) is 5.56 Å². The summed E-state index contributed by atoms with van der Waals surface area (Å²) in [5.41, 5.74) is 1.51. The number of nitrogens with zero attached hydrogens (tertiary/aromatic N) is 1. The normalized spacial score (nSPS) is 10.8. The molecule has 1 aromatic carbocycles. The van der Waals surface area contributed by atoms with Gasteiger partial charge in [-0.05, 0) is 31.2 Å². The lowest BCUT2D eigenvalue weighted by Gasteiger charge is -2.00. The first kappa shape index (κ1) is 12.2. The molecule has 0 radical (unpaired) electrons. The van der Waals surface area contributed by atoms with E-state index in [9.17, 15) is 4.39 Å². The molecule has 0 saturated heterocycles. The standard InChI is InChI=1S/C13H15FN2S/c1-3-15-7-10-8-16-13(17-10)11-5-4-9(2)6-12(11)14/h4-6,8,15H,3,7H2,1-2H3. The van der Waals surface area contributed by atoms with Crippen molar-refractivity contribution in [2.45, 2.75) is 20.4 Å². The zero-order valence-electron chi connectivity index (χ0n) is 9.96. The topological polar surface area (TPSA) is 24.9 Å². The minimum absolute atomic E-state index is 0.200. The molecule has 2 nitrogen and oxygen atoms in total. The molecule has 0 atom stereocenters. The Bertz CT molecular complexity index is 508. The van der Waals surface area contributed by atoms with E-state index in [1.165, 1.54) is 11.3 Å². The van der Waals surface area contributed by atoms with Gasteiger partial charge in [-0.3, -0.25) is 0 Å². The van der Waals surface area contributed by atoms with E-state index >= 15 is 0 Å². The van der Waals surface area contributed by atoms with Gasteiger partial charge in [-0.25, -0.2) is 9.37 Å². The summed E-state index contributed by atoms with van der Waals surface area (Å²) in [5.74, 6) is -0.200. The Labute approximate surface area is 105 Å². The molecule has 2 rings (SSSR count). The lowest BCUT2D eigenvalue weighted by atomic mass is 10.1. The van der Waals surface area contributed by atoms with Crippen molar-refractivity contribution in [2.75, 3.05) is 6.54 Å². The zero-order valence-corrected chi connectivity index (χ0v) is 10.8. The molecule has 0 aliphatic carbocycles. The maximum absolute atomic E-state index is 13.7. The highest BCUT2D eigenvalue weighted by Gasteiger charge is 2.09. The van der Waals surface area contributed by atoms with Gasteiger partial charge in [0.2, 0.25) is 0 Å². The molecule has 4 heteroatoms.